The van der Waals surface area contributed by atoms with Crippen molar-refractivity contribution in [1.82, 2.24) is 0 Å². The number of rotatable bonds is 7. The van der Waals surface area contributed by atoms with Gasteiger partial charge in [-0.2, -0.15) is 0 Å². The van der Waals surface area contributed by atoms with Crippen molar-refractivity contribution in [2.45, 2.75) is 6.61 Å². The molecule has 5 heteroatoms. The topological polar surface area (TPSA) is 55.8 Å². The number of benzene rings is 2. The standard InChI is InChI=1S/C16H15ClO4/c17-15-10-12(16(18)19)6-7-13(15)11-20-8-9-21-14-4-2-1-3-5-14/h1-7,10H,8-9,11H2,(H,18,19). The third-order valence-corrected chi connectivity index (χ3v) is 3.15. The lowest BCUT2D eigenvalue weighted by atomic mass is 10.1. The number of carboxylic acids is 1. The van der Waals surface area contributed by atoms with Crippen LogP contribution in [0.4, 0.5) is 0 Å². The number of carboxylic acid groups (broad SMARTS) is 1. The van der Waals surface area contributed by atoms with E-state index in [4.69, 9.17) is 26.2 Å². The van der Waals surface area contributed by atoms with E-state index in [1.165, 1.54) is 12.1 Å². The fraction of sp³-hybridized carbons (Fsp3) is 0.188. The van der Waals surface area contributed by atoms with Crippen molar-refractivity contribution in [2.75, 3.05) is 13.2 Å². The van der Waals surface area contributed by atoms with Gasteiger partial charge in [0, 0.05) is 5.02 Å². The molecule has 1 N–H and O–H groups in total. The largest absolute Gasteiger partial charge is 0.491 e. The summed E-state index contributed by atoms with van der Waals surface area (Å²) in [6.07, 6.45) is 0. The molecule has 21 heavy (non-hydrogen) atoms. The Morgan fingerprint density at radius 1 is 1.10 bits per heavy atom. The number of ether oxygens (including phenoxy) is 2. The second kappa shape index (κ2) is 7.67. The Balaban J connectivity index is 1.75. The molecule has 110 valence electrons. The maximum Gasteiger partial charge on any atom is 0.335 e. The van der Waals surface area contributed by atoms with Gasteiger partial charge >= 0.3 is 5.97 Å². The second-order valence-corrected chi connectivity index (χ2v) is 4.73. The quantitative estimate of drug-likeness (QED) is 0.794. The van der Waals surface area contributed by atoms with Crippen LogP contribution in [-0.2, 0) is 11.3 Å². The summed E-state index contributed by atoms with van der Waals surface area (Å²) in [7, 11) is 0. The van der Waals surface area contributed by atoms with Crippen molar-refractivity contribution in [3.8, 4) is 5.75 Å². The summed E-state index contributed by atoms with van der Waals surface area (Å²) in [5.74, 6) is -0.203. The van der Waals surface area contributed by atoms with Crippen molar-refractivity contribution >= 4 is 17.6 Å². The van der Waals surface area contributed by atoms with Gasteiger partial charge in [0.05, 0.1) is 18.8 Å². The average molecular weight is 307 g/mol. The Morgan fingerprint density at radius 3 is 2.52 bits per heavy atom. The van der Waals surface area contributed by atoms with Crippen LogP contribution in [0.25, 0.3) is 0 Å². The zero-order chi connectivity index (χ0) is 15.1. The third kappa shape index (κ3) is 4.77. The van der Waals surface area contributed by atoms with E-state index in [9.17, 15) is 4.79 Å². The lowest BCUT2D eigenvalue weighted by molar-refractivity contribution is 0.0696. The van der Waals surface area contributed by atoms with E-state index in [1.54, 1.807) is 6.07 Å². The summed E-state index contributed by atoms with van der Waals surface area (Å²) in [4.78, 5) is 10.8. The van der Waals surface area contributed by atoms with Gasteiger partial charge in [-0.15, -0.1) is 0 Å². The first-order chi connectivity index (χ1) is 10.2. The predicted molar refractivity (Wildman–Crippen MR) is 80.0 cm³/mol. The van der Waals surface area contributed by atoms with Crippen LogP contribution in [0.15, 0.2) is 48.5 Å². The van der Waals surface area contributed by atoms with Gasteiger partial charge in [-0.3, -0.25) is 0 Å². The Kier molecular flexibility index (Phi) is 5.60. The zero-order valence-corrected chi connectivity index (χ0v) is 12.0. The Bertz CT molecular complexity index is 598. The summed E-state index contributed by atoms with van der Waals surface area (Å²) in [6, 6.07) is 14.1. The highest BCUT2D eigenvalue weighted by Crippen LogP contribution is 2.19. The zero-order valence-electron chi connectivity index (χ0n) is 11.3. The SMILES string of the molecule is O=C(O)c1ccc(COCCOc2ccccc2)c(Cl)c1. The van der Waals surface area contributed by atoms with Crippen LogP contribution in [-0.4, -0.2) is 24.3 Å². The first-order valence-corrected chi connectivity index (χ1v) is 6.82. The van der Waals surface area contributed by atoms with Crippen molar-refractivity contribution in [2.24, 2.45) is 0 Å². The van der Waals surface area contributed by atoms with Gasteiger partial charge in [-0.1, -0.05) is 35.9 Å². The third-order valence-electron chi connectivity index (χ3n) is 2.80. The highest BCUT2D eigenvalue weighted by molar-refractivity contribution is 6.31. The Labute approximate surface area is 127 Å². The lowest BCUT2D eigenvalue weighted by Gasteiger charge is -2.08. The minimum atomic E-state index is -0.999. The number of hydrogen-bond acceptors (Lipinski definition) is 3. The van der Waals surface area contributed by atoms with Crippen LogP contribution in [0.1, 0.15) is 15.9 Å². The highest BCUT2D eigenvalue weighted by Gasteiger charge is 2.07. The molecule has 0 atom stereocenters. The molecule has 2 aromatic rings. The van der Waals surface area contributed by atoms with E-state index >= 15 is 0 Å². The molecular formula is C16H15ClO4. The van der Waals surface area contributed by atoms with Crippen molar-refractivity contribution < 1.29 is 19.4 Å². The van der Waals surface area contributed by atoms with Gasteiger partial charge in [0.25, 0.3) is 0 Å². The lowest BCUT2D eigenvalue weighted by Crippen LogP contribution is -2.07. The molecule has 0 heterocycles. The molecule has 0 radical (unpaired) electrons. The monoisotopic (exact) mass is 306 g/mol. The summed E-state index contributed by atoms with van der Waals surface area (Å²) >= 11 is 6.01. The summed E-state index contributed by atoms with van der Waals surface area (Å²) < 4.78 is 11.0. The molecule has 0 aliphatic rings. The molecule has 0 unspecified atom stereocenters. The molecule has 0 aliphatic heterocycles. The molecule has 0 bridgehead atoms. The molecular weight excluding hydrogens is 292 g/mol. The molecule has 0 fully saturated rings. The molecule has 0 spiro atoms. The van der Waals surface area contributed by atoms with Gasteiger partial charge in [0.1, 0.15) is 12.4 Å². The van der Waals surface area contributed by atoms with E-state index in [0.717, 1.165) is 11.3 Å². The van der Waals surface area contributed by atoms with Gasteiger partial charge in [-0.05, 0) is 29.8 Å². The molecule has 0 saturated heterocycles. The highest BCUT2D eigenvalue weighted by atomic mass is 35.5. The average Bonchev–Trinajstić information content (AvgIpc) is 2.49. The summed E-state index contributed by atoms with van der Waals surface area (Å²) in [5, 5.41) is 9.24. The van der Waals surface area contributed by atoms with Crippen LogP contribution in [0.3, 0.4) is 0 Å². The fourth-order valence-corrected chi connectivity index (χ4v) is 1.95. The Hall–Kier alpha value is -2.04. The van der Waals surface area contributed by atoms with Crippen molar-refractivity contribution in [1.29, 1.82) is 0 Å². The normalized spacial score (nSPS) is 10.3. The van der Waals surface area contributed by atoms with Crippen molar-refractivity contribution in [3.63, 3.8) is 0 Å². The van der Waals surface area contributed by atoms with E-state index < -0.39 is 5.97 Å². The minimum Gasteiger partial charge on any atom is -0.491 e. The van der Waals surface area contributed by atoms with Crippen LogP contribution >= 0.6 is 11.6 Å². The van der Waals surface area contributed by atoms with Gasteiger partial charge < -0.3 is 14.6 Å². The van der Waals surface area contributed by atoms with E-state index in [1.807, 2.05) is 30.3 Å². The molecule has 0 aromatic heterocycles. The fourth-order valence-electron chi connectivity index (χ4n) is 1.71. The number of para-hydroxylation sites is 1. The molecule has 4 nitrogen and oxygen atoms in total. The van der Waals surface area contributed by atoms with E-state index in [0.29, 0.717) is 24.8 Å². The first kappa shape index (κ1) is 15.4. The molecule has 0 saturated carbocycles. The van der Waals surface area contributed by atoms with Gasteiger partial charge in [-0.25, -0.2) is 4.79 Å². The molecule has 0 amide bonds. The number of aromatic carboxylic acids is 1. The summed E-state index contributed by atoms with van der Waals surface area (Å²) in [6.45, 7) is 1.18. The minimum absolute atomic E-state index is 0.163. The number of halogens is 1. The van der Waals surface area contributed by atoms with Crippen molar-refractivity contribution in [3.05, 3.63) is 64.7 Å². The van der Waals surface area contributed by atoms with Crippen LogP contribution in [0.5, 0.6) is 5.75 Å². The van der Waals surface area contributed by atoms with Gasteiger partial charge in [0.15, 0.2) is 0 Å². The number of hydrogen-bond donors (Lipinski definition) is 1. The van der Waals surface area contributed by atoms with Gasteiger partial charge in [0.2, 0.25) is 0 Å². The first-order valence-electron chi connectivity index (χ1n) is 6.44. The van der Waals surface area contributed by atoms with Crippen LogP contribution in [0, 0.1) is 0 Å². The maximum atomic E-state index is 10.8. The smallest absolute Gasteiger partial charge is 0.335 e. The second-order valence-electron chi connectivity index (χ2n) is 4.33. The van der Waals surface area contributed by atoms with E-state index in [2.05, 4.69) is 0 Å². The van der Waals surface area contributed by atoms with E-state index in [-0.39, 0.29) is 5.56 Å². The Morgan fingerprint density at radius 2 is 1.86 bits per heavy atom. The number of carbonyl (C=O) groups is 1. The predicted octanol–water partition coefficient (Wildman–Crippen LogP) is 3.63. The molecule has 0 aliphatic carbocycles. The summed E-state index contributed by atoms with van der Waals surface area (Å²) in [5.41, 5.74) is 0.914. The van der Waals surface area contributed by atoms with Crippen LogP contribution in [0.2, 0.25) is 5.02 Å². The maximum absolute atomic E-state index is 10.8. The molecule has 2 aromatic carbocycles. The molecule has 2 rings (SSSR count). The van der Waals surface area contributed by atoms with Crippen LogP contribution < -0.4 is 4.74 Å².